The van der Waals surface area contributed by atoms with Gasteiger partial charge in [0.1, 0.15) is 12.4 Å². The number of carbonyl (C=O) groups is 1. The molecule has 100 valence electrons. The Morgan fingerprint density at radius 3 is 2.39 bits per heavy atom. The van der Waals surface area contributed by atoms with Crippen LogP contribution >= 0.6 is 0 Å². The molecule has 1 amide bonds. The molecule has 1 aromatic carbocycles. The summed E-state index contributed by atoms with van der Waals surface area (Å²) in [6.45, 7) is -0.176. The van der Waals surface area contributed by atoms with Gasteiger partial charge >= 0.3 is 12.1 Å². The molecule has 0 aliphatic heterocycles. The van der Waals surface area contributed by atoms with Crippen LogP contribution in [0.3, 0.4) is 0 Å². The first-order valence-corrected chi connectivity index (χ1v) is 5.11. The van der Waals surface area contributed by atoms with Crippen molar-refractivity contribution in [2.45, 2.75) is 6.18 Å². The molecule has 0 aliphatic rings. The lowest BCUT2D eigenvalue weighted by Crippen LogP contribution is -2.40. The zero-order chi connectivity index (χ0) is 13.8. The zero-order valence-corrected chi connectivity index (χ0v) is 9.70. The van der Waals surface area contributed by atoms with Crippen LogP contribution in [0.1, 0.15) is 0 Å². The average Bonchev–Trinajstić information content (AvgIpc) is 2.29. The molecule has 0 atom stereocenters. The number of nitrogen functional groups attached to an aromatic ring is 1. The first kappa shape index (κ1) is 14.1. The minimum Gasteiger partial charge on any atom is -0.492 e. The summed E-state index contributed by atoms with van der Waals surface area (Å²) >= 11 is 0. The minimum absolute atomic E-state index is 0.0256. The van der Waals surface area contributed by atoms with Crippen LogP contribution in [0.15, 0.2) is 24.3 Å². The molecule has 0 saturated heterocycles. The van der Waals surface area contributed by atoms with E-state index in [4.69, 9.17) is 10.5 Å². The van der Waals surface area contributed by atoms with Crippen molar-refractivity contribution < 1.29 is 22.7 Å². The fourth-order valence-electron chi connectivity index (χ4n) is 1.18. The summed E-state index contributed by atoms with van der Waals surface area (Å²) in [5, 5.41) is 0. The van der Waals surface area contributed by atoms with Crippen molar-refractivity contribution in [3.05, 3.63) is 24.3 Å². The Labute approximate surface area is 102 Å². The number of likely N-dealkylation sites (N-methyl/N-ethyl adjacent to an activating group) is 1. The van der Waals surface area contributed by atoms with E-state index in [9.17, 15) is 18.0 Å². The van der Waals surface area contributed by atoms with Gasteiger partial charge in [-0.25, -0.2) is 0 Å². The topological polar surface area (TPSA) is 55.6 Å². The van der Waals surface area contributed by atoms with E-state index in [-0.39, 0.29) is 13.2 Å². The molecule has 0 aromatic heterocycles. The number of hydrogen-bond donors (Lipinski definition) is 1. The Kier molecular flexibility index (Phi) is 4.41. The summed E-state index contributed by atoms with van der Waals surface area (Å²) in [4.78, 5) is 11.3. The van der Waals surface area contributed by atoms with E-state index >= 15 is 0 Å². The molecule has 0 fully saturated rings. The molecule has 0 aliphatic carbocycles. The Morgan fingerprint density at radius 1 is 1.33 bits per heavy atom. The Morgan fingerprint density at radius 2 is 1.89 bits per heavy atom. The fraction of sp³-hybridized carbons (Fsp3) is 0.364. The highest BCUT2D eigenvalue weighted by molar-refractivity contribution is 5.81. The number of nitrogens with two attached hydrogens (primary N) is 1. The highest BCUT2D eigenvalue weighted by atomic mass is 19.4. The third-order valence-corrected chi connectivity index (χ3v) is 2.16. The van der Waals surface area contributed by atoms with Gasteiger partial charge in [-0.3, -0.25) is 4.79 Å². The maximum absolute atomic E-state index is 12.0. The van der Waals surface area contributed by atoms with Gasteiger partial charge in [-0.2, -0.15) is 13.2 Å². The fourth-order valence-corrected chi connectivity index (χ4v) is 1.18. The predicted molar refractivity (Wildman–Crippen MR) is 60.0 cm³/mol. The first-order valence-electron chi connectivity index (χ1n) is 5.11. The van der Waals surface area contributed by atoms with E-state index in [1.807, 2.05) is 0 Å². The largest absolute Gasteiger partial charge is 0.492 e. The van der Waals surface area contributed by atoms with Gasteiger partial charge in [-0.15, -0.1) is 0 Å². The number of halogens is 3. The van der Waals surface area contributed by atoms with E-state index in [0.717, 1.165) is 7.05 Å². The molecule has 0 heterocycles. The van der Waals surface area contributed by atoms with Crippen LogP contribution in [0.5, 0.6) is 5.75 Å². The van der Waals surface area contributed by atoms with Crippen molar-refractivity contribution in [1.29, 1.82) is 0 Å². The number of anilines is 1. The summed E-state index contributed by atoms with van der Waals surface area (Å²) in [6.07, 6.45) is -4.85. The molecule has 7 heteroatoms. The molecule has 18 heavy (non-hydrogen) atoms. The molecule has 1 aromatic rings. The van der Waals surface area contributed by atoms with E-state index in [1.165, 1.54) is 0 Å². The highest BCUT2D eigenvalue weighted by Crippen LogP contribution is 2.17. The van der Waals surface area contributed by atoms with Crippen LogP contribution in [0.4, 0.5) is 18.9 Å². The van der Waals surface area contributed by atoms with Crippen LogP contribution in [0.2, 0.25) is 0 Å². The van der Waals surface area contributed by atoms with Crippen LogP contribution in [0, 0.1) is 0 Å². The van der Waals surface area contributed by atoms with Gasteiger partial charge < -0.3 is 15.4 Å². The molecule has 2 N–H and O–H groups in total. The number of carbonyl (C=O) groups excluding carboxylic acids is 1. The predicted octanol–water partition coefficient (Wildman–Crippen LogP) is 1.67. The molecule has 1 rings (SSSR count). The summed E-state index contributed by atoms with van der Waals surface area (Å²) in [5.41, 5.74) is 6.02. The summed E-state index contributed by atoms with van der Waals surface area (Å²) < 4.78 is 41.3. The minimum atomic E-state index is -4.85. The second-order valence-electron chi connectivity index (χ2n) is 3.64. The third kappa shape index (κ3) is 4.15. The SMILES string of the molecule is CN(CCOc1ccc(N)cc1)C(=O)C(F)(F)F. The Hall–Kier alpha value is -1.92. The molecule has 0 unspecified atom stereocenters. The summed E-state index contributed by atoms with van der Waals surface area (Å²) in [7, 11) is 1.07. The van der Waals surface area contributed by atoms with Gasteiger partial charge in [-0.1, -0.05) is 0 Å². The van der Waals surface area contributed by atoms with Crippen molar-refractivity contribution in [3.8, 4) is 5.75 Å². The highest BCUT2D eigenvalue weighted by Gasteiger charge is 2.40. The normalized spacial score (nSPS) is 11.1. The molecule has 0 saturated carbocycles. The van der Waals surface area contributed by atoms with Crippen molar-refractivity contribution in [1.82, 2.24) is 4.90 Å². The second kappa shape index (κ2) is 5.61. The van der Waals surface area contributed by atoms with Crippen LogP contribution < -0.4 is 10.5 Å². The monoisotopic (exact) mass is 262 g/mol. The lowest BCUT2D eigenvalue weighted by atomic mass is 10.3. The smallest absolute Gasteiger partial charge is 0.471 e. The van der Waals surface area contributed by atoms with Gasteiger partial charge in [0.05, 0.1) is 6.54 Å². The summed E-state index contributed by atoms with van der Waals surface area (Å²) in [6, 6.07) is 6.42. The standard InChI is InChI=1S/C11H13F3N2O2/c1-16(10(17)11(12,13)14)6-7-18-9-4-2-8(15)3-5-9/h2-5H,6-7,15H2,1H3. The van der Waals surface area contributed by atoms with Crippen molar-refractivity contribution in [2.75, 3.05) is 25.9 Å². The van der Waals surface area contributed by atoms with Crippen LogP contribution in [0.25, 0.3) is 0 Å². The van der Waals surface area contributed by atoms with Crippen molar-refractivity contribution >= 4 is 11.6 Å². The summed E-state index contributed by atoms with van der Waals surface area (Å²) in [5.74, 6) is -1.40. The number of alkyl halides is 3. The number of benzene rings is 1. The molecular formula is C11H13F3N2O2. The van der Waals surface area contributed by atoms with E-state index < -0.39 is 12.1 Å². The molecule has 0 radical (unpaired) electrons. The number of hydrogen-bond acceptors (Lipinski definition) is 3. The van der Waals surface area contributed by atoms with Gasteiger partial charge in [0, 0.05) is 12.7 Å². The lowest BCUT2D eigenvalue weighted by molar-refractivity contribution is -0.184. The van der Waals surface area contributed by atoms with Crippen molar-refractivity contribution in [3.63, 3.8) is 0 Å². The quantitative estimate of drug-likeness (QED) is 0.840. The first-order chi connectivity index (χ1) is 8.30. The number of rotatable bonds is 4. The number of ether oxygens (including phenoxy) is 1. The maximum atomic E-state index is 12.0. The van der Waals surface area contributed by atoms with E-state index in [1.54, 1.807) is 24.3 Å². The zero-order valence-electron chi connectivity index (χ0n) is 9.70. The van der Waals surface area contributed by atoms with Gasteiger partial charge in [-0.05, 0) is 24.3 Å². The molecule has 0 spiro atoms. The maximum Gasteiger partial charge on any atom is 0.471 e. The van der Waals surface area contributed by atoms with Gasteiger partial charge in [0.15, 0.2) is 0 Å². The van der Waals surface area contributed by atoms with Gasteiger partial charge in [0.25, 0.3) is 0 Å². The Bertz CT molecular complexity index is 404. The molecule has 0 bridgehead atoms. The van der Waals surface area contributed by atoms with Gasteiger partial charge in [0.2, 0.25) is 0 Å². The molecule has 4 nitrogen and oxygen atoms in total. The van der Waals surface area contributed by atoms with Crippen LogP contribution in [-0.2, 0) is 4.79 Å². The van der Waals surface area contributed by atoms with Crippen LogP contribution in [-0.4, -0.2) is 37.2 Å². The van der Waals surface area contributed by atoms with E-state index in [2.05, 4.69) is 0 Å². The second-order valence-corrected chi connectivity index (χ2v) is 3.64. The lowest BCUT2D eigenvalue weighted by Gasteiger charge is -2.18. The number of amides is 1. The number of nitrogens with zero attached hydrogens (tertiary/aromatic N) is 1. The Balaban J connectivity index is 2.38. The van der Waals surface area contributed by atoms with Crippen molar-refractivity contribution in [2.24, 2.45) is 0 Å². The van der Waals surface area contributed by atoms with E-state index in [0.29, 0.717) is 16.3 Å². The average molecular weight is 262 g/mol. The third-order valence-electron chi connectivity index (χ3n) is 2.16. The molecular weight excluding hydrogens is 249 g/mol.